The molecule has 0 fully saturated rings. The van der Waals surface area contributed by atoms with Gasteiger partial charge in [-0.05, 0) is 0 Å². The first-order valence-electron chi connectivity index (χ1n) is 4.30. The van der Waals surface area contributed by atoms with E-state index in [-0.39, 0.29) is 5.88 Å². The lowest BCUT2D eigenvalue weighted by Gasteiger charge is -2.12. The minimum absolute atomic E-state index is 0.149. The lowest BCUT2D eigenvalue weighted by Crippen LogP contribution is -2.28. The first-order chi connectivity index (χ1) is 6.73. The van der Waals surface area contributed by atoms with E-state index >= 15 is 0 Å². The molecule has 0 unspecified atom stereocenters. The molecule has 0 saturated heterocycles. The van der Waals surface area contributed by atoms with Crippen LogP contribution in [-0.4, -0.2) is 27.5 Å². The lowest BCUT2D eigenvalue weighted by atomic mass is 10.2. The van der Waals surface area contributed by atoms with E-state index in [2.05, 4.69) is 4.99 Å². The fourth-order valence-electron chi connectivity index (χ4n) is 1.23. The Morgan fingerprint density at radius 1 is 1.43 bits per heavy atom. The van der Waals surface area contributed by atoms with E-state index in [0.717, 1.165) is 10.6 Å². The minimum atomic E-state index is -1.07. The summed E-state index contributed by atoms with van der Waals surface area (Å²) in [5.74, 6) is 0.692. The number of alkyl halides is 1. The highest BCUT2D eigenvalue weighted by molar-refractivity contribution is 8.14. The van der Waals surface area contributed by atoms with Crippen LogP contribution in [0.5, 0.6) is 0 Å². The predicted octanol–water partition coefficient (Wildman–Crippen LogP) is 2.11. The molecule has 0 spiro atoms. The van der Waals surface area contributed by atoms with Crippen molar-refractivity contribution in [2.75, 3.05) is 11.6 Å². The Morgan fingerprint density at radius 3 is 2.71 bits per heavy atom. The SMILES string of the molecule is O[C@]1(CCl)CSC(c2ccccc2)=N1. The summed E-state index contributed by atoms with van der Waals surface area (Å²) >= 11 is 7.17. The van der Waals surface area contributed by atoms with Gasteiger partial charge >= 0.3 is 0 Å². The summed E-state index contributed by atoms with van der Waals surface area (Å²) in [7, 11) is 0. The number of nitrogens with zero attached hydrogens (tertiary/aromatic N) is 1. The van der Waals surface area contributed by atoms with E-state index in [1.807, 2.05) is 30.3 Å². The van der Waals surface area contributed by atoms with Crippen molar-refractivity contribution < 1.29 is 5.11 Å². The molecule has 1 aromatic carbocycles. The largest absolute Gasteiger partial charge is 0.367 e. The highest BCUT2D eigenvalue weighted by Gasteiger charge is 2.32. The molecule has 74 valence electrons. The standard InChI is InChI=1S/C10H10ClNOS/c11-6-10(13)7-14-9(12-10)8-4-2-1-3-5-8/h1-5,13H,6-7H2/t10-/m1/s1. The zero-order chi connectivity index (χ0) is 10.0. The van der Waals surface area contributed by atoms with Gasteiger partial charge in [-0.15, -0.1) is 23.4 Å². The first-order valence-corrected chi connectivity index (χ1v) is 5.82. The molecule has 0 aromatic heterocycles. The number of aliphatic imine (C=N–C) groups is 1. The second-order valence-corrected chi connectivity index (χ2v) is 4.42. The lowest BCUT2D eigenvalue weighted by molar-refractivity contribution is 0.103. The molecule has 0 bridgehead atoms. The number of aliphatic hydroxyl groups is 1. The summed E-state index contributed by atoms with van der Waals surface area (Å²) in [6.45, 7) is 0. The van der Waals surface area contributed by atoms with Crippen LogP contribution in [0.2, 0.25) is 0 Å². The molecule has 1 aliphatic rings. The van der Waals surface area contributed by atoms with Gasteiger partial charge in [-0.3, -0.25) is 0 Å². The molecule has 0 radical (unpaired) electrons. The summed E-state index contributed by atoms with van der Waals surface area (Å²) in [5, 5.41) is 10.7. The van der Waals surface area contributed by atoms with Crippen molar-refractivity contribution in [3.05, 3.63) is 35.9 Å². The van der Waals surface area contributed by atoms with Crippen LogP contribution >= 0.6 is 23.4 Å². The number of rotatable bonds is 2. The van der Waals surface area contributed by atoms with Gasteiger partial charge in [-0.2, -0.15) is 0 Å². The van der Waals surface area contributed by atoms with Gasteiger partial charge in [0.15, 0.2) is 5.72 Å². The van der Waals surface area contributed by atoms with E-state index in [1.165, 1.54) is 0 Å². The van der Waals surface area contributed by atoms with Crippen LogP contribution < -0.4 is 0 Å². The molecule has 1 N–H and O–H groups in total. The summed E-state index contributed by atoms with van der Waals surface area (Å²) in [5.41, 5.74) is -0.0317. The average Bonchev–Trinajstić information content (AvgIpc) is 2.63. The van der Waals surface area contributed by atoms with E-state index in [4.69, 9.17) is 11.6 Å². The fourth-order valence-corrected chi connectivity index (χ4v) is 2.57. The van der Waals surface area contributed by atoms with Crippen molar-refractivity contribution in [2.45, 2.75) is 5.72 Å². The van der Waals surface area contributed by atoms with Crippen LogP contribution in [0.1, 0.15) is 5.56 Å². The second-order valence-electron chi connectivity index (χ2n) is 3.19. The number of thioether (sulfide) groups is 1. The van der Waals surface area contributed by atoms with E-state index < -0.39 is 5.72 Å². The smallest absolute Gasteiger partial charge is 0.180 e. The van der Waals surface area contributed by atoms with Gasteiger partial charge in [0.25, 0.3) is 0 Å². The molecule has 1 aliphatic heterocycles. The number of benzene rings is 1. The average molecular weight is 228 g/mol. The zero-order valence-corrected chi connectivity index (χ0v) is 9.05. The molecule has 1 heterocycles. The van der Waals surface area contributed by atoms with Gasteiger partial charge in [0.1, 0.15) is 5.04 Å². The Morgan fingerprint density at radius 2 is 2.14 bits per heavy atom. The summed E-state index contributed by atoms with van der Waals surface area (Å²) in [4.78, 5) is 4.21. The van der Waals surface area contributed by atoms with E-state index in [1.54, 1.807) is 11.8 Å². The van der Waals surface area contributed by atoms with Crippen LogP contribution in [0.3, 0.4) is 0 Å². The summed E-state index contributed by atoms with van der Waals surface area (Å²) in [6, 6.07) is 9.82. The zero-order valence-electron chi connectivity index (χ0n) is 7.48. The van der Waals surface area contributed by atoms with Crippen molar-refractivity contribution in [1.82, 2.24) is 0 Å². The molecule has 2 rings (SSSR count). The van der Waals surface area contributed by atoms with Crippen molar-refractivity contribution in [2.24, 2.45) is 4.99 Å². The molecular formula is C10H10ClNOS. The van der Waals surface area contributed by atoms with Crippen LogP contribution in [0.25, 0.3) is 0 Å². The molecule has 4 heteroatoms. The van der Waals surface area contributed by atoms with Crippen molar-refractivity contribution in [3.63, 3.8) is 0 Å². The van der Waals surface area contributed by atoms with Crippen LogP contribution in [0.15, 0.2) is 35.3 Å². The van der Waals surface area contributed by atoms with Gasteiger partial charge < -0.3 is 5.11 Å². The minimum Gasteiger partial charge on any atom is -0.367 e. The van der Waals surface area contributed by atoms with Crippen molar-refractivity contribution >= 4 is 28.4 Å². The van der Waals surface area contributed by atoms with Crippen LogP contribution in [0, 0.1) is 0 Å². The van der Waals surface area contributed by atoms with E-state index in [9.17, 15) is 5.11 Å². The molecule has 0 saturated carbocycles. The highest BCUT2D eigenvalue weighted by Crippen LogP contribution is 2.29. The summed E-state index contributed by atoms with van der Waals surface area (Å²) < 4.78 is 0. The van der Waals surface area contributed by atoms with Crippen LogP contribution in [-0.2, 0) is 0 Å². The third kappa shape index (κ3) is 1.95. The fraction of sp³-hybridized carbons (Fsp3) is 0.300. The van der Waals surface area contributed by atoms with Crippen molar-refractivity contribution in [3.8, 4) is 0 Å². The highest BCUT2D eigenvalue weighted by atomic mass is 35.5. The molecular weight excluding hydrogens is 218 g/mol. The summed E-state index contributed by atoms with van der Waals surface area (Å²) in [6.07, 6.45) is 0. The molecule has 1 aromatic rings. The molecule has 0 aliphatic carbocycles. The quantitative estimate of drug-likeness (QED) is 0.785. The van der Waals surface area contributed by atoms with Gasteiger partial charge in [0, 0.05) is 5.56 Å². The Labute approximate surface area is 92.0 Å². The Bertz CT molecular complexity index is 354. The number of hydrogen-bond donors (Lipinski definition) is 1. The van der Waals surface area contributed by atoms with Crippen LogP contribution in [0.4, 0.5) is 0 Å². The Hall–Kier alpha value is -0.510. The molecule has 1 atom stereocenters. The maximum absolute atomic E-state index is 9.79. The molecule has 14 heavy (non-hydrogen) atoms. The third-order valence-corrected chi connectivity index (χ3v) is 3.62. The Balaban J connectivity index is 2.27. The van der Waals surface area contributed by atoms with Crippen molar-refractivity contribution in [1.29, 1.82) is 0 Å². The maximum atomic E-state index is 9.79. The van der Waals surface area contributed by atoms with Gasteiger partial charge in [0.05, 0.1) is 11.6 Å². The normalized spacial score (nSPS) is 26.3. The first kappa shape index (κ1) is 10.0. The second kappa shape index (κ2) is 3.93. The molecule has 0 amide bonds. The number of halogens is 1. The van der Waals surface area contributed by atoms with Gasteiger partial charge in [-0.25, -0.2) is 4.99 Å². The van der Waals surface area contributed by atoms with Gasteiger partial charge in [0.2, 0.25) is 0 Å². The molecule has 2 nitrogen and oxygen atoms in total. The Kier molecular flexibility index (Phi) is 2.81. The number of hydrogen-bond acceptors (Lipinski definition) is 3. The van der Waals surface area contributed by atoms with Gasteiger partial charge in [-0.1, -0.05) is 30.3 Å². The topological polar surface area (TPSA) is 32.6 Å². The monoisotopic (exact) mass is 227 g/mol. The predicted molar refractivity (Wildman–Crippen MR) is 61.1 cm³/mol. The third-order valence-electron chi connectivity index (χ3n) is 1.98. The van der Waals surface area contributed by atoms with E-state index in [0.29, 0.717) is 5.75 Å². The maximum Gasteiger partial charge on any atom is 0.180 e.